The van der Waals surface area contributed by atoms with Crippen LogP contribution in [0.3, 0.4) is 0 Å². The Hall–Kier alpha value is -2.92. The summed E-state index contributed by atoms with van der Waals surface area (Å²) in [5.41, 5.74) is 12.4. The minimum Gasteiger partial charge on any atom is -0.465 e. The molecule has 1 saturated heterocycles. The zero-order valence-electron chi connectivity index (χ0n) is 32.6. The van der Waals surface area contributed by atoms with Gasteiger partial charge in [-0.25, -0.2) is 13.2 Å². The summed E-state index contributed by atoms with van der Waals surface area (Å²) in [5, 5.41) is 10.7. The van der Waals surface area contributed by atoms with Gasteiger partial charge < -0.3 is 20.3 Å². The van der Waals surface area contributed by atoms with Crippen molar-refractivity contribution in [3.63, 3.8) is 0 Å². The van der Waals surface area contributed by atoms with E-state index in [1.165, 1.54) is 24.7 Å². The summed E-state index contributed by atoms with van der Waals surface area (Å²) in [6.07, 6.45) is 12.1. The molecule has 2 N–H and O–H groups in total. The van der Waals surface area contributed by atoms with Gasteiger partial charge in [-0.1, -0.05) is 52.8 Å². The molecule has 6 aliphatic rings. The number of hydrogen-bond acceptors (Lipinski definition) is 7. The van der Waals surface area contributed by atoms with Crippen LogP contribution in [0.4, 0.5) is 4.79 Å². The van der Waals surface area contributed by atoms with Crippen LogP contribution >= 0.6 is 0 Å². The number of azide groups is 1. The minimum absolute atomic E-state index is 0.0366. The van der Waals surface area contributed by atoms with Gasteiger partial charge in [0.1, 0.15) is 0 Å². The van der Waals surface area contributed by atoms with E-state index in [1.807, 2.05) is 12.1 Å². The number of carbonyl (C=O) groups excluding carboxylic acids is 2. The lowest BCUT2D eigenvalue weighted by Crippen LogP contribution is -2.69. The zero-order chi connectivity index (χ0) is 38.0. The molecule has 53 heavy (non-hydrogen) atoms. The number of rotatable bonds is 7. The number of sulfone groups is 1. The maximum atomic E-state index is 12.8. The van der Waals surface area contributed by atoms with Gasteiger partial charge in [0.2, 0.25) is 0 Å². The standard InChI is InChI=1S/C41H60N6O5S/c1-37(2)29(27-7-9-28(10-8-27)35(48)52-6)13-16-38(3)32(37)15-17-40(5)33(38)12-11-30-34-31(44-36(49)45-46-42)14-18-41(34,20-19-39(30,40)4)43-21-22-47-23-25-53(50,51)26-24-47/h7-10,13,30-34,43H,11-12,14-26H2,1-6H3,(H,44,49). The van der Waals surface area contributed by atoms with E-state index in [0.717, 1.165) is 64.5 Å². The van der Waals surface area contributed by atoms with Gasteiger partial charge in [0, 0.05) is 53.7 Å². The van der Waals surface area contributed by atoms with Crippen LogP contribution in [-0.4, -0.2) is 81.7 Å². The summed E-state index contributed by atoms with van der Waals surface area (Å²) in [6.45, 7) is 15.4. The van der Waals surface area contributed by atoms with E-state index in [0.29, 0.717) is 36.4 Å². The smallest absolute Gasteiger partial charge is 0.337 e. The molecule has 0 radical (unpaired) electrons. The molecule has 12 heteroatoms. The summed E-state index contributed by atoms with van der Waals surface area (Å²) < 4.78 is 29.0. The molecule has 0 aromatic heterocycles. The minimum atomic E-state index is -2.93. The van der Waals surface area contributed by atoms with E-state index >= 15 is 0 Å². The number of ether oxygens (including phenoxy) is 1. The molecule has 290 valence electrons. The SMILES string of the molecule is COC(=O)c1ccc(C2=CCC3(C)C(CCC4(C)C3CCC3C5C(NC(=O)N=[N+]=[N-])CCC5(NCCN5CCS(=O)(=O)CC5)CCC34C)C2(C)C)cc1. The molecule has 1 aliphatic heterocycles. The van der Waals surface area contributed by atoms with Gasteiger partial charge in [0.05, 0.1) is 24.2 Å². The van der Waals surface area contributed by atoms with Crippen molar-refractivity contribution in [1.29, 1.82) is 0 Å². The van der Waals surface area contributed by atoms with Crippen molar-refractivity contribution in [3.05, 3.63) is 51.9 Å². The second-order valence-electron chi connectivity index (χ2n) is 18.7. The Bertz CT molecular complexity index is 1790. The number of fused-ring (bicyclic) bond motifs is 7. The monoisotopic (exact) mass is 748 g/mol. The number of amides is 2. The Morgan fingerprint density at radius 3 is 2.34 bits per heavy atom. The first-order chi connectivity index (χ1) is 25.0. The van der Waals surface area contributed by atoms with Crippen molar-refractivity contribution in [2.24, 2.45) is 50.4 Å². The molecule has 1 heterocycles. The van der Waals surface area contributed by atoms with Gasteiger partial charge in [-0.05, 0) is 126 Å². The number of benzene rings is 1. The fraction of sp³-hybridized carbons (Fsp3) is 0.756. The average molecular weight is 749 g/mol. The van der Waals surface area contributed by atoms with E-state index in [1.54, 1.807) is 0 Å². The van der Waals surface area contributed by atoms with E-state index in [-0.39, 0.29) is 56.6 Å². The topological polar surface area (TPSA) is 154 Å². The molecular weight excluding hydrogens is 689 g/mol. The van der Waals surface area contributed by atoms with Crippen LogP contribution in [-0.2, 0) is 14.6 Å². The summed E-state index contributed by atoms with van der Waals surface area (Å²) in [6, 6.07) is 7.28. The number of urea groups is 1. The molecule has 0 bridgehead atoms. The molecular formula is C41H60N6O5S. The number of hydrogen-bond donors (Lipinski definition) is 2. The lowest BCUT2D eigenvalue weighted by molar-refractivity contribution is -0.218. The zero-order valence-corrected chi connectivity index (χ0v) is 33.4. The second-order valence-corrected chi connectivity index (χ2v) is 21.0. The highest BCUT2D eigenvalue weighted by molar-refractivity contribution is 7.91. The maximum absolute atomic E-state index is 12.8. The molecule has 0 spiro atoms. The number of esters is 1. The molecule has 1 aromatic rings. The van der Waals surface area contributed by atoms with Crippen LogP contribution in [0.25, 0.3) is 16.0 Å². The maximum Gasteiger partial charge on any atom is 0.337 e. The van der Waals surface area contributed by atoms with Gasteiger partial charge in [-0.3, -0.25) is 4.79 Å². The number of nitrogens with one attached hydrogen (secondary N) is 2. The summed E-state index contributed by atoms with van der Waals surface area (Å²) >= 11 is 0. The molecule has 4 saturated carbocycles. The number of allylic oxidation sites excluding steroid dienone is 2. The second kappa shape index (κ2) is 13.7. The molecule has 2 amide bonds. The first kappa shape index (κ1) is 38.4. The van der Waals surface area contributed by atoms with Crippen LogP contribution in [0.1, 0.15) is 108 Å². The van der Waals surface area contributed by atoms with Crippen LogP contribution in [0.5, 0.6) is 0 Å². The summed E-state index contributed by atoms with van der Waals surface area (Å²) in [4.78, 5) is 30.0. The molecule has 11 nitrogen and oxygen atoms in total. The predicted molar refractivity (Wildman–Crippen MR) is 207 cm³/mol. The molecule has 9 atom stereocenters. The third-order valence-corrected chi connectivity index (χ3v) is 18.0. The Kier molecular flexibility index (Phi) is 9.90. The van der Waals surface area contributed by atoms with Crippen LogP contribution in [0.15, 0.2) is 35.5 Å². The van der Waals surface area contributed by atoms with Crippen molar-refractivity contribution in [3.8, 4) is 0 Å². The molecule has 5 aliphatic carbocycles. The fourth-order valence-electron chi connectivity index (χ4n) is 13.7. The van der Waals surface area contributed by atoms with E-state index in [9.17, 15) is 18.0 Å². The first-order valence-corrected chi connectivity index (χ1v) is 21.8. The van der Waals surface area contributed by atoms with Gasteiger partial charge in [-0.2, -0.15) is 0 Å². The largest absolute Gasteiger partial charge is 0.465 e. The summed E-state index contributed by atoms with van der Waals surface area (Å²) in [5.74, 6) is 1.84. The van der Waals surface area contributed by atoms with Crippen LogP contribution in [0, 0.1) is 45.3 Å². The average Bonchev–Trinajstić information content (AvgIpc) is 3.46. The highest BCUT2D eigenvalue weighted by Gasteiger charge is 2.70. The van der Waals surface area contributed by atoms with Crippen molar-refractivity contribution in [1.82, 2.24) is 15.5 Å². The quantitative estimate of drug-likeness (QED) is 0.128. The van der Waals surface area contributed by atoms with Crippen molar-refractivity contribution >= 4 is 27.4 Å². The Morgan fingerprint density at radius 1 is 0.943 bits per heavy atom. The Labute approximate surface area is 316 Å². The van der Waals surface area contributed by atoms with Gasteiger partial charge in [-0.15, -0.1) is 0 Å². The number of methoxy groups -OCH3 is 1. The number of nitrogens with zero attached hydrogens (tertiary/aromatic N) is 4. The third kappa shape index (κ3) is 6.24. The molecule has 1 aromatic carbocycles. The van der Waals surface area contributed by atoms with Crippen molar-refractivity contribution in [2.45, 2.75) is 104 Å². The van der Waals surface area contributed by atoms with Crippen LogP contribution in [0.2, 0.25) is 0 Å². The molecule has 9 unspecified atom stereocenters. The van der Waals surface area contributed by atoms with E-state index in [2.05, 4.69) is 78.4 Å². The number of carbonyl (C=O) groups is 2. The highest BCUT2D eigenvalue weighted by atomic mass is 32.2. The Morgan fingerprint density at radius 2 is 1.66 bits per heavy atom. The van der Waals surface area contributed by atoms with Gasteiger partial charge >= 0.3 is 12.0 Å². The van der Waals surface area contributed by atoms with Crippen molar-refractivity contribution in [2.75, 3.05) is 44.8 Å². The lowest BCUT2D eigenvalue weighted by atomic mass is 9.33. The highest BCUT2D eigenvalue weighted by Crippen LogP contribution is 2.76. The van der Waals surface area contributed by atoms with E-state index < -0.39 is 15.9 Å². The van der Waals surface area contributed by atoms with Gasteiger partial charge in [0.25, 0.3) is 0 Å². The van der Waals surface area contributed by atoms with Crippen molar-refractivity contribution < 1.29 is 22.7 Å². The third-order valence-electron chi connectivity index (χ3n) is 16.4. The summed E-state index contributed by atoms with van der Waals surface area (Å²) in [7, 11) is -1.51. The first-order valence-electron chi connectivity index (χ1n) is 20.0. The normalized spacial score (nSPS) is 39.9. The fourth-order valence-corrected chi connectivity index (χ4v) is 15.0. The lowest BCUT2D eigenvalue weighted by Gasteiger charge is -2.72. The van der Waals surface area contributed by atoms with E-state index in [4.69, 9.17) is 10.3 Å². The Balaban J connectivity index is 1.16. The molecule has 5 fully saturated rings. The molecule has 7 rings (SSSR count). The van der Waals surface area contributed by atoms with Gasteiger partial charge in [0.15, 0.2) is 9.84 Å². The van der Waals surface area contributed by atoms with Crippen LogP contribution < -0.4 is 10.6 Å². The predicted octanol–water partition coefficient (Wildman–Crippen LogP) is 7.39.